The minimum absolute atomic E-state index is 0.255. The van der Waals surface area contributed by atoms with Gasteiger partial charge in [-0.3, -0.25) is 4.79 Å². The van der Waals surface area contributed by atoms with E-state index in [0.29, 0.717) is 29.1 Å². The zero-order chi connectivity index (χ0) is 16.4. The summed E-state index contributed by atoms with van der Waals surface area (Å²) in [6.07, 6.45) is -0.486. The number of nitrogens with zero attached hydrogens (tertiary/aromatic N) is 2. The molecule has 0 saturated heterocycles. The third-order valence-electron chi connectivity index (χ3n) is 3.70. The first kappa shape index (κ1) is 15.1. The Bertz CT molecular complexity index is 808. The minimum atomic E-state index is -0.975. The van der Waals surface area contributed by atoms with Crippen LogP contribution in [0.15, 0.2) is 30.3 Å². The van der Waals surface area contributed by atoms with E-state index in [-0.39, 0.29) is 12.5 Å². The molecule has 3 rings (SSSR count). The molecule has 0 atom stereocenters. The Hall–Kier alpha value is -2.85. The van der Waals surface area contributed by atoms with Gasteiger partial charge >= 0.3 is 6.09 Å². The van der Waals surface area contributed by atoms with E-state index in [4.69, 9.17) is 5.11 Å². The van der Waals surface area contributed by atoms with E-state index in [1.54, 1.807) is 24.3 Å². The Labute approximate surface area is 136 Å². The van der Waals surface area contributed by atoms with Crippen LogP contribution in [0.5, 0.6) is 0 Å². The number of amides is 2. The molecule has 2 aromatic rings. The molecule has 2 heterocycles. The van der Waals surface area contributed by atoms with Gasteiger partial charge in [0, 0.05) is 17.0 Å². The standard InChI is InChI=1S/C16H13N3O3S/c17-8-12-11-6-7-19(16(21)22)9-13(11)23-15(12)18-14(20)10-4-2-1-3-5-10/h1-5H,6-7,9H2,(H,18,20)(H,21,22). The summed E-state index contributed by atoms with van der Waals surface area (Å²) in [5.41, 5.74) is 1.80. The monoisotopic (exact) mass is 327 g/mol. The smallest absolute Gasteiger partial charge is 0.407 e. The highest BCUT2D eigenvalue weighted by Crippen LogP contribution is 2.36. The summed E-state index contributed by atoms with van der Waals surface area (Å²) in [5.74, 6) is -0.282. The zero-order valence-electron chi connectivity index (χ0n) is 12.1. The zero-order valence-corrected chi connectivity index (χ0v) is 12.9. The summed E-state index contributed by atoms with van der Waals surface area (Å²) >= 11 is 1.27. The Morgan fingerprint density at radius 2 is 2.04 bits per heavy atom. The molecule has 0 aliphatic carbocycles. The van der Waals surface area contributed by atoms with Crippen LogP contribution in [0.2, 0.25) is 0 Å². The lowest BCUT2D eigenvalue weighted by Crippen LogP contribution is -2.34. The molecule has 2 N–H and O–H groups in total. The van der Waals surface area contributed by atoms with Crippen LogP contribution >= 0.6 is 11.3 Å². The molecule has 0 bridgehead atoms. The Kier molecular flexibility index (Phi) is 4.00. The number of hydrogen-bond acceptors (Lipinski definition) is 4. The third-order valence-corrected chi connectivity index (χ3v) is 4.83. The number of carbonyl (C=O) groups is 2. The van der Waals surface area contributed by atoms with Crippen molar-refractivity contribution in [3.8, 4) is 6.07 Å². The van der Waals surface area contributed by atoms with E-state index in [9.17, 15) is 14.9 Å². The van der Waals surface area contributed by atoms with Crippen LogP contribution in [-0.4, -0.2) is 28.6 Å². The van der Waals surface area contributed by atoms with E-state index < -0.39 is 6.09 Å². The molecule has 23 heavy (non-hydrogen) atoms. The number of hydrogen-bond donors (Lipinski definition) is 2. The van der Waals surface area contributed by atoms with E-state index in [1.165, 1.54) is 16.2 Å². The van der Waals surface area contributed by atoms with Crippen molar-refractivity contribution >= 4 is 28.3 Å². The van der Waals surface area contributed by atoms with Crippen LogP contribution in [0.4, 0.5) is 9.80 Å². The first-order valence-electron chi connectivity index (χ1n) is 6.99. The van der Waals surface area contributed by atoms with Gasteiger partial charge in [0.2, 0.25) is 0 Å². The lowest BCUT2D eigenvalue weighted by molar-refractivity contribution is 0.102. The molecule has 1 aliphatic heterocycles. The molecular weight excluding hydrogens is 314 g/mol. The van der Waals surface area contributed by atoms with Gasteiger partial charge in [0.15, 0.2) is 0 Å². The van der Waals surface area contributed by atoms with Crippen molar-refractivity contribution in [1.29, 1.82) is 5.26 Å². The molecule has 0 saturated carbocycles. The highest BCUT2D eigenvalue weighted by molar-refractivity contribution is 7.16. The molecule has 6 nitrogen and oxygen atoms in total. The number of thiophene rings is 1. The Morgan fingerprint density at radius 3 is 2.70 bits per heavy atom. The minimum Gasteiger partial charge on any atom is -0.465 e. The van der Waals surface area contributed by atoms with Gasteiger partial charge in [-0.05, 0) is 24.1 Å². The van der Waals surface area contributed by atoms with E-state index in [2.05, 4.69) is 11.4 Å². The second kappa shape index (κ2) is 6.10. The third kappa shape index (κ3) is 2.89. The summed E-state index contributed by atoms with van der Waals surface area (Å²) in [7, 11) is 0. The maximum Gasteiger partial charge on any atom is 0.407 e. The molecule has 1 aliphatic rings. The van der Waals surface area contributed by atoms with Gasteiger partial charge in [0.05, 0.1) is 12.1 Å². The summed E-state index contributed by atoms with van der Waals surface area (Å²) in [4.78, 5) is 25.5. The summed E-state index contributed by atoms with van der Waals surface area (Å²) in [6, 6.07) is 10.9. The van der Waals surface area contributed by atoms with Gasteiger partial charge in [-0.25, -0.2) is 4.79 Å². The summed E-state index contributed by atoms with van der Waals surface area (Å²) < 4.78 is 0. The molecule has 7 heteroatoms. The molecule has 0 fully saturated rings. The molecule has 0 spiro atoms. The first-order valence-corrected chi connectivity index (χ1v) is 7.80. The number of carbonyl (C=O) groups excluding carboxylic acids is 1. The molecular formula is C16H13N3O3S. The van der Waals surface area contributed by atoms with Gasteiger partial charge < -0.3 is 15.3 Å². The van der Waals surface area contributed by atoms with Crippen LogP contribution in [-0.2, 0) is 13.0 Å². The fraction of sp³-hybridized carbons (Fsp3) is 0.188. The normalized spacial score (nSPS) is 13.1. The van der Waals surface area contributed by atoms with Gasteiger partial charge in [-0.15, -0.1) is 11.3 Å². The van der Waals surface area contributed by atoms with E-state index in [0.717, 1.165) is 10.4 Å². The topological polar surface area (TPSA) is 93.4 Å². The van der Waals surface area contributed by atoms with Crippen molar-refractivity contribution < 1.29 is 14.7 Å². The number of benzene rings is 1. The van der Waals surface area contributed by atoms with Crippen LogP contribution in [0.25, 0.3) is 0 Å². The van der Waals surface area contributed by atoms with Gasteiger partial charge in [0.25, 0.3) is 5.91 Å². The summed E-state index contributed by atoms with van der Waals surface area (Å²) in [5, 5.41) is 21.7. The predicted molar refractivity (Wildman–Crippen MR) is 85.6 cm³/mol. The maximum atomic E-state index is 12.2. The molecule has 0 radical (unpaired) electrons. The second-order valence-electron chi connectivity index (χ2n) is 5.09. The highest BCUT2D eigenvalue weighted by atomic mass is 32.1. The maximum absolute atomic E-state index is 12.2. The van der Waals surface area contributed by atoms with Gasteiger partial charge in [-0.1, -0.05) is 18.2 Å². The van der Waals surface area contributed by atoms with Crippen molar-refractivity contribution in [3.05, 3.63) is 51.9 Å². The lowest BCUT2D eigenvalue weighted by Gasteiger charge is -2.23. The largest absolute Gasteiger partial charge is 0.465 e. The quantitative estimate of drug-likeness (QED) is 0.887. The second-order valence-corrected chi connectivity index (χ2v) is 6.20. The van der Waals surface area contributed by atoms with Gasteiger partial charge in [0.1, 0.15) is 11.1 Å². The Balaban J connectivity index is 1.88. The van der Waals surface area contributed by atoms with E-state index in [1.807, 2.05) is 6.07 Å². The number of carboxylic acid groups (broad SMARTS) is 1. The van der Waals surface area contributed by atoms with Crippen LogP contribution in [0, 0.1) is 11.3 Å². The number of nitrogens with one attached hydrogen (secondary N) is 1. The van der Waals surface area contributed by atoms with Crippen LogP contribution in [0.3, 0.4) is 0 Å². The average Bonchev–Trinajstić information content (AvgIpc) is 2.91. The number of fused-ring (bicyclic) bond motifs is 1. The lowest BCUT2D eigenvalue weighted by atomic mass is 10.0. The first-order chi connectivity index (χ1) is 11.1. The van der Waals surface area contributed by atoms with Crippen molar-refractivity contribution in [1.82, 2.24) is 4.90 Å². The highest BCUT2D eigenvalue weighted by Gasteiger charge is 2.27. The fourth-order valence-corrected chi connectivity index (χ4v) is 3.75. The fourth-order valence-electron chi connectivity index (χ4n) is 2.54. The average molecular weight is 327 g/mol. The SMILES string of the molecule is N#Cc1c(NC(=O)c2ccccc2)sc2c1CCN(C(=O)O)C2. The summed E-state index contributed by atoms with van der Waals surface area (Å²) in [6.45, 7) is 0.616. The predicted octanol–water partition coefficient (Wildman–Crippen LogP) is 2.91. The molecule has 2 amide bonds. The molecule has 0 unspecified atom stereocenters. The molecule has 1 aromatic carbocycles. The number of anilines is 1. The van der Waals surface area contributed by atoms with Crippen LogP contribution in [0.1, 0.15) is 26.4 Å². The van der Waals surface area contributed by atoms with Crippen molar-refractivity contribution in [2.24, 2.45) is 0 Å². The Morgan fingerprint density at radius 1 is 1.30 bits per heavy atom. The van der Waals surface area contributed by atoms with Crippen LogP contribution < -0.4 is 5.32 Å². The molecule has 1 aromatic heterocycles. The van der Waals surface area contributed by atoms with Crippen molar-refractivity contribution in [3.63, 3.8) is 0 Å². The number of nitriles is 1. The van der Waals surface area contributed by atoms with Crippen molar-refractivity contribution in [2.45, 2.75) is 13.0 Å². The number of rotatable bonds is 2. The molecule has 116 valence electrons. The van der Waals surface area contributed by atoms with Crippen molar-refractivity contribution in [2.75, 3.05) is 11.9 Å². The van der Waals surface area contributed by atoms with Gasteiger partial charge in [-0.2, -0.15) is 5.26 Å². The van der Waals surface area contributed by atoms with E-state index >= 15 is 0 Å².